The van der Waals surface area contributed by atoms with E-state index in [2.05, 4.69) is 6.92 Å². The Hall–Kier alpha value is 1.16. The molecular weight excluding hydrogens is 222 g/mol. The van der Waals surface area contributed by atoms with E-state index < -0.39 is 21.7 Å². The Bertz CT molecular complexity index is 33.5. The monoisotopic (exact) mass is 236 g/mol. The van der Waals surface area contributed by atoms with Crippen molar-refractivity contribution in [1.29, 1.82) is 0 Å². The Labute approximate surface area is 66.9 Å². The predicted molar refractivity (Wildman–Crippen MR) is 42.0 cm³/mol. The van der Waals surface area contributed by atoms with Gasteiger partial charge < -0.3 is 0 Å². The van der Waals surface area contributed by atoms with Crippen LogP contribution in [0.15, 0.2) is 0 Å². The zero-order valence-corrected chi connectivity index (χ0v) is 10.4. The molecule has 0 aliphatic rings. The van der Waals surface area contributed by atoms with E-state index in [0.29, 0.717) is 0 Å². The SMILES string of the molecule is CCCCC[CH2][InH][Cl]. The molecule has 0 heterocycles. The Balaban J connectivity index is 2.53. The summed E-state index contributed by atoms with van der Waals surface area (Å²) in [5.41, 5.74) is 0. The Kier molecular flexibility index (Phi) is 9.34. The van der Waals surface area contributed by atoms with Gasteiger partial charge in [0.05, 0.1) is 0 Å². The van der Waals surface area contributed by atoms with Crippen LogP contribution < -0.4 is 0 Å². The van der Waals surface area contributed by atoms with Crippen LogP contribution in [0.3, 0.4) is 0 Å². The van der Waals surface area contributed by atoms with Crippen molar-refractivity contribution in [2.45, 2.75) is 36.8 Å². The first-order valence-electron chi connectivity index (χ1n) is 3.47. The van der Waals surface area contributed by atoms with Gasteiger partial charge in [0.1, 0.15) is 0 Å². The normalized spacial score (nSPS) is 9.25. The fraction of sp³-hybridized carbons (Fsp3) is 1.00. The van der Waals surface area contributed by atoms with Crippen LogP contribution in [0.2, 0.25) is 4.18 Å². The molecule has 8 heavy (non-hydrogen) atoms. The fourth-order valence-electron chi connectivity index (χ4n) is 0.698. The zero-order chi connectivity index (χ0) is 6.24. The molecule has 0 amide bonds. The van der Waals surface area contributed by atoms with Crippen LogP contribution in [-0.4, -0.2) is 21.7 Å². The first-order chi connectivity index (χ1) is 3.91. The molecule has 0 aliphatic heterocycles. The van der Waals surface area contributed by atoms with Gasteiger partial charge in [-0.15, -0.1) is 0 Å². The summed E-state index contributed by atoms with van der Waals surface area (Å²) < 4.78 is 1.41. The molecule has 0 aromatic carbocycles. The molecule has 0 radical (unpaired) electrons. The quantitative estimate of drug-likeness (QED) is 0.644. The average Bonchev–Trinajstić information content (AvgIpc) is 1.81. The topological polar surface area (TPSA) is 0 Å². The van der Waals surface area contributed by atoms with E-state index in [-0.39, 0.29) is 0 Å². The standard InChI is InChI=1S/C6H13.ClH.In.H/c1-3-5-6-4-2;;;/h1,3-6H2,2H3;1H;;/q;;+1;/p-1. The second kappa shape index (κ2) is 8.16. The van der Waals surface area contributed by atoms with E-state index in [0.717, 1.165) is 0 Å². The van der Waals surface area contributed by atoms with Crippen molar-refractivity contribution < 1.29 is 0 Å². The number of halogens is 1. The summed E-state index contributed by atoms with van der Waals surface area (Å²) in [5.74, 6) is 0. The summed E-state index contributed by atoms with van der Waals surface area (Å²) in [4.78, 5) is 0. The number of hydrogen-bond donors (Lipinski definition) is 0. The van der Waals surface area contributed by atoms with Gasteiger partial charge in [0.15, 0.2) is 0 Å². The van der Waals surface area contributed by atoms with E-state index >= 15 is 0 Å². The molecule has 0 aromatic heterocycles. The third-order valence-corrected chi connectivity index (χ3v) is 5.22. The van der Waals surface area contributed by atoms with Gasteiger partial charge >= 0.3 is 67.1 Å². The van der Waals surface area contributed by atoms with Crippen molar-refractivity contribution >= 4 is 30.3 Å². The molecule has 0 aromatic rings. The molecule has 0 nitrogen and oxygen atoms in total. The van der Waals surface area contributed by atoms with E-state index in [4.69, 9.17) is 8.58 Å². The molecule has 0 atom stereocenters. The summed E-state index contributed by atoms with van der Waals surface area (Å²) in [5, 5.41) is 0. The summed E-state index contributed by atoms with van der Waals surface area (Å²) in [6, 6.07) is 0. The molecule has 0 rings (SSSR count). The van der Waals surface area contributed by atoms with Crippen LogP contribution in [0, 0.1) is 0 Å². The number of rotatable bonds is 5. The second-order valence-electron chi connectivity index (χ2n) is 2.10. The third-order valence-electron chi connectivity index (χ3n) is 1.24. The Morgan fingerprint density at radius 2 is 2.00 bits per heavy atom. The minimum atomic E-state index is -0.643. The first kappa shape index (κ1) is 9.16. The van der Waals surface area contributed by atoms with Gasteiger partial charge in [-0.05, 0) is 0 Å². The number of unbranched alkanes of at least 4 members (excludes halogenated alkanes) is 3. The van der Waals surface area contributed by atoms with Gasteiger partial charge in [-0.2, -0.15) is 0 Å². The number of hydrogen-bond acceptors (Lipinski definition) is 0. The van der Waals surface area contributed by atoms with E-state index in [9.17, 15) is 0 Å². The molecule has 0 fully saturated rings. The first-order valence-corrected chi connectivity index (χ1v) is 11.4. The second-order valence-corrected chi connectivity index (χ2v) is 7.74. The Morgan fingerprint density at radius 1 is 1.25 bits per heavy atom. The van der Waals surface area contributed by atoms with Crippen molar-refractivity contribution in [3.8, 4) is 0 Å². The van der Waals surface area contributed by atoms with Gasteiger partial charge in [-0.3, -0.25) is 0 Å². The third kappa shape index (κ3) is 7.16. The van der Waals surface area contributed by atoms with Gasteiger partial charge in [0, 0.05) is 0 Å². The summed E-state index contributed by atoms with van der Waals surface area (Å²) in [6.45, 7) is 2.24. The fourth-order valence-corrected chi connectivity index (χ4v) is 3.51. The van der Waals surface area contributed by atoms with E-state index in [1.807, 2.05) is 0 Å². The van der Waals surface area contributed by atoms with Crippen molar-refractivity contribution in [1.82, 2.24) is 0 Å². The molecular formula is C6H14ClIn. The molecule has 0 unspecified atom stereocenters. The maximum absolute atomic E-state index is 5.69. The van der Waals surface area contributed by atoms with Gasteiger partial charge in [0.25, 0.3) is 0 Å². The molecule has 0 spiro atoms. The van der Waals surface area contributed by atoms with Crippen LogP contribution in [0.1, 0.15) is 32.6 Å². The van der Waals surface area contributed by atoms with E-state index in [1.54, 1.807) is 0 Å². The minimum absolute atomic E-state index is 0.643. The predicted octanol–water partition coefficient (Wildman–Crippen LogP) is 2.58. The van der Waals surface area contributed by atoms with Gasteiger partial charge in [-0.25, -0.2) is 0 Å². The van der Waals surface area contributed by atoms with Crippen molar-refractivity contribution in [3.05, 3.63) is 0 Å². The van der Waals surface area contributed by atoms with Crippen LogP contribution >= 0.6 is 8.58 Å². The zero-order valence-electron chi connectivity index (χ0n) is 5.62. The van der Waals surface area contributed by atoms with Crippen LogP contribution in [0.25, 0.3) is 0 Å². The van der Waals surface area contributed by atoms with Crippen molar-refractivity contribution in [3.63, 3.8) is 0 Å². The Morgan fingerprint density at radius 3 is 2.50 bits per heavy atom. The summed E-state index contributed by atoms with van der Waals surface area (Å²) in [6.07, 6.45) is 5.58. The van der Waals surface area contributed by atoms with Gasteiger partial charge in [-0.1, -0.05) is 0 Å². The molecule has 0 N–H and O–H groups in total. The molecule has 0 saturated carbocycles. The van der Waals surface area contributed by atoms with Crippen molar-refractivity contribution in [2.24, 2.45) is 0 Å². The molecule has 2 heteroatoms. The van der Waals surface area contributed by atoms with Gasteiger partial charge in [0.2, 0.25) is 0 Å². The van der Waals surface area contributed by atoms with Crippen LogP contribution in [0.4, 0.5) is 0 Å². The molecule has 0 bridgehead atoms. The summed E-state index contributed by atoms with van der Waals surface area (Å²) in [7, 11) is 5.69. The van der Waals surface area contributed by atoms with Crippen molar-refractivity contribution in [2.75, 3.05) is 0 Å². The van der Waals surface area contributed by atoms with E-state index in [1.165, 1.54) is 29.9 Å². The molecule has 0 saturated heterocycles. The average molecular weight is 236 g/mol. The van der Waals surface area contributed by atoms with Crippen LogP contribution in [-0.2, 0) is 0 Å². The molecule has 0 aliphatic carbocycles. The van der Waals surface area contributed by atoms with Crippen LogP contribution in [0.5, 0.6) is 0 Å². The summed E-state index contributed by atoms with van der Waals surface area (Å²) >= 11 is -0.643. The molecule has 48 valence electrons. The maximum atomic E-state index is 5.69.